The lowest BCUT2D eigenvalue weighted by Gasteiger charge is -2.13. The molecule has 0 bridgehead atoms. The van der Waals surface area contributed by atoms with Crippen LogP contribution in [-0.2, 0) is 11.0 Å². The summed E-state index contributed by atoms with van der Waals surface area (Å²) >= 11 is 5.81. The summed E-state index contributed by atoms with van der Waals surface area (Å²) in [4.78, 5) is 29.2. The fourth-order valence-electron chi connectivity index (χ4n) is 3.04. The van der Waals surface area contributed by atoms with Gasteiger partial charge in [-0.2, -0.15) is 13.2 Å². The number of nitrogens with zero attached hydrogens (tertiary/aromatic N) is 1. The summed E-state index contributed by atoms with van der Waals surface area (Å²) in [5.41, 5.74) is 0.603. The lowest BCUT2D eigenvalue weighted by Crippen LogP contribution is -2.18. The van der Waals surface area contributed by atoms with Gasteiger partial charge in [-0.1, -0.05) is 36.0 Å². The number of aromatic nitrogens is 1. The summed E-state index contributed by atoms with van der Waals surface area (Å²) in [6, 6.07) is 17.2. The first-order chi connectivity index (χ1) is 16.2. The zero-order chi connectivity index (χ0) is 24.3. The van der Waals surface area contributed by atoms with Gasteiger partial charge in [0.25, 0.3) is 5.91 Å². The number of hydrogen-bond acceptors (Lipinski definition) is 5. The molecule has 34 heavy (non-hydrogen) atoms. The van der Waals surface area contributed by atoms with Crippen molar-refractivity contribution in [2.24, 2.45) is 0 Å². The van der Waals surface area contributed by atoms with Crippen molar-refractivity contribution in [3.8, 4) is 0 Å². The number of rotatable bonds is 6. The number of amides is 2. The standard InChI is InChI=1S/C23H15BrF3N3O2S2/c24-16-7-3-1-5-14(16)21(32)28-13-9-10-18-19(11-13)34-22(30-18)33-12-20(31)29-17-8-4-2-6-15(17)23(25,26)27/h1-11H,12H2,(H,28,32)(H,29,31). The maximum absolute atomic E-state index is 13.1. The van der Waals surface area contributed by atoms with Crippen LogP contribution in [0.1, 0.15) is 15.9 Å². The Balaban J connectivity index is 1.41. The highest BCUT2D eigenvalue weighted by molar-refractivity contribution is 9.10. The van der Waals surface area contributed by atoms with Crippen LogP contribution in [-0.4, -0.2) is 22.6 Å². The summed E-state index contributed by atoms with van der Waals surface area (Å²) in [6.07, 6.45) is -4.56. The monoisotopic (exact) mass is 565 g/mol. The van der Waals surface area contributed by atoms with Crippen molar-refractivity contribution < 1.29 is 22.8 Å². The number of thiazole rings is 1. The average Bonchev–Trinajstić information content (AvgIpc) is 3.20. The Kier molecular flexibility index (Phi) is 7.24. The molecule has 4 aromatic rings. The predicted molar refractivity (Wildman–Crippen MR) is 133 cm³/mol. The van der Waals surface area contributed by atoms with Crippen molar-refractivity contribution in [3.05, 3.63) is 82.3 Å². The minimum atomic E-state index is -4.56. The molecule has 0 fully saturated rings. The number of nitrogens with one attached hydrogen (secondary N) is 2. The highest BCUT2D eigenvalue weighted by Gasteiger charge is 2.33. The Morgan fingerprint density at radius 1 is 1.00 bits per heavy atom. The Morgan fingerprint density at radius 2 is 1.74 bits per heavy atom. The Hall–Kier alpha value is -2.89. The van der Waals surface area contributed by atoms with E-state index in [1.54, 1.807) is 36.4 Å². The van der Waals surface area contributed by atoms with Gasteiger partial charge >= 0.3 is 6.18 Å². The average molecular weight is 566 g/mol. The number of carbonyl (C=O) groups is 2. The van der Waals surface area contributed by atoms with E-state index in [2.05, 4.69) is 31.5 Å². The third kappa shape index (κ3) is 5.78. The van der Waals surface area contributed by atoms with E-state index >= 15 is 0 Å². The molecule has 5 nitrogen and oxygen atoms in total. The van der Waals surface area contributed by atoms with Gasteiger partial charge in [0.05, 0.1) is 32.8 Å². The minimum absolute atomic E-state index is 0.0996. The summed E-state index contributed by atoms with van der Waals surface area (Å²) < 4.78 is 41.4. The van der Waals surface area contributed by atoms with Crippen LogP contribution in [0.2, 0.25) is 0 Å². The van der Waals surface area contributed by atoms with Gasteiger partial charge < -0.3 is 10.6 Å². The largest absolute Gasteiger partial charge is 0.418 e. The molecule has 0 aliphatic carbocycles. The molecule has 4 rings (SSSR count). The summed E-state index contributed by atoms with van der Waals surface area (Å²) in [5, 5.41) is 5.16. The van der Waals surface area contributed by atoms with E-state index in [1.807, 2.05) is 6.07 Å². The third-order valence-electron chi connectivity index (χ3n) is 4.58. The number of alkyl halides is 3. The molecule has 0 atom stereocenters. The quantitative estimate of drug-likeness (QED) is 0.245. The van der Waals surface area contributed by atoms with Crippen LogP contribution in [0, 0.1) is 0 Å². The number of hydrogen-bond donors (Lipinski definition) is 2. The van der Waals surface area contributed by atoms with Crippen LogP contribution in [0.15, 0.2) is 75.5 Å². The van der Waals surface area contributed by atoms with Gasteiger partial charge in [-0.15, -0.1) is 11.3 Å². The molecule has 2 amide bonds. The highest BCUT2D eigenvalue weighted by Crippen LogP contribution is 2.35. The van der Waals surface area contributed by atoms with Crippen molar-refractivity contribution >= 4 is 72.4 Å². The van der Waals surface area contributed by atoms with Crippen LogP contribution in [0.4, 0.5) is 24.5 Å². The zero-order valence-electron chi connectivity index (χ0n) is 17.2. The number of thioether (sulfide) groups is 1. The second kappa shape index (κ2) is 10.2. The molecule has 3 aromatic carbocycles. The molecular formula is C23H15BrF3N3O2S2. The number of carbonyl (C=O) groups excluding carboxylic acids is 2. The Morgan fingerprint density at radius 3 is 2.50 bits per heavy atom. The first kappa shape index (κ1) is 24.2. The highest BCUT2D eigenvalue weighted by atomic mass is 79.9. The third-order valence-corrected chi connectivity index (χ3v) is 7.43. The minimum Gasteiger partial charge on any atom is -0.325 e. The Labute approximate surface area is 208 Å². The van der Waals surface area contributed by atoms with E-state index < -0.39 is 17.6 Å². The van der Waals surface area contributed by atoms with Crippen LogP contribution in [0.3, 0.4) is 0 Å². The molecule has 0 spiro atoms. The van der Waals surface area contributed by atoms with Crippen LogP contribution in [0.5, 0.6) is 0 Å². The molecular weight excluding hydrogens is 551 g/mol. The lowest BCUT2D eigenvalue weighted by atomic mass is 10.1. The maximum Gasteiger partial charge on any atom is 0.418 e. The number of benzene rings is 3. The summed E-state index contributed by atoms with van der Waals surface area (Å²) in [6.45, 7) is 0. The molecule has 0 unspecified atom stereocenters. The molecule has 0 aliphatic heterocycles. The number of fused-ring (bicyclic) bond motifs is 1. The van der Waals surface area contributed by atoms with Crippen molar-refractivity contribution in [2.45, 2.75) is 10.5 Å². The molecule has 0 saturated heterocycles. The molecule has 2 N–H and O–H groups in total. The van der Waals surface area contributed by atoms with E-state index in [0.29, 0.717) is 25.6 Å². The molecule has 174 valence electrons. The second-order valence-electron chi connectivity index (χ2n) is 6.98. The SMILES string of the molecule is O=C(CSc1nc2ccc(NC(=O)c3ccccc3Br)cc2s1)Nc1ccccc1C(F)(F)F. The first-order valence-electron chi connectivity index (χ1n) is 9.76. The van der Waals surface area contributed by atoms with Crippen molar-refractivity contribution in [1.82, 2.24) is 4.98 Å². The van der Waals surface area contributed by atoms with E-state index in [4.69, 9.17) is 0 Å². The van der Waals surface area contributed by atoms with Crippen LogP contribution in [0.25, 0.3) is 10.2 Å². The Bertz CT molecular complexity index is 1380. The number of anilines is 2. The zero-order valence-corrected chi connectivity index (χ0v) is 20.4. The predicted octanol–water partition coefficient (Wildman–Crippen LogP) is 7.06. The van der Waals surface area contributed by atoms with Gasteiger partial charge in [0.2, 0.25) is 5.91 Å². The molecule has 0 radical (unpaired) electrons. The van der Waals surface area contributed by atoms with Crippen molar-refractivity contribution in [3.63, 3.8) is 0 Å². The maximum atomic E-state index is 13.1. The normalized spacial score (nSPS) is 11.4. The van der Waals surface area contributed by atoms with Gasteiger partial charge in [0.15, 0.2) is 4.34 Å². The van der Waals surface area contributed by atoms with Crippen molar-refractivity contribution in [1.29, 1.82) is 0 Å². The van der Waals surface area contributed by atoms with E-state index in [9.17, 15) is 22.8 Å². The smallest absolute Gasteiger partial charge is 0.325 e. The topological polar surface area (TPSA) is 71.1 Å². The summed E-state index contributed by atoms with van der Waals surface area (Å²) in [7, 11) is 0. The van der Waals surface area contributed by atoms with E-state index in [0.717, 1.165) is 22.5 Å². The van der Waals surface area contributed by atoms with Crippen LogP contribution < -0.4 is 10.6 Å². The van der Waals surface area contributed by atoms with Gasteiger partial charge in [0.1, 0.15) is 0 Å². The molecule has 1 aromatic heterocycles. The lowest BCUT2D eigenvalue weighted by molar-refractivity contribution is -0.137. The summed E-state index contributed by atoms with van der Waals surface area (Å²) in [5.74, 6) is -0.929. The number of halogens is 4. The van der Waals surface area contributed by atoms with Gasteiger partial charge in [-0.25, -0.2) is 4.98 Å². The molecule has 0 saturated carbocycles. The fraction of sp³-hybridized carbons (Fsp3) is 0.0870. The van der Waals surface area contributed by atoms with Gasteiger partial charge in [0, 0.05) is 10.2 Å². The van der Waals surface area contributed by atoms with Crippen LogP contribution >= 0.6 is 39.0 Å². The van der Waals surface area contributed by atoms with E-state index in [-0.39, 0.29) is 17.3 Å². The molecule has 0 aliphatic rings. The second-order valence-corrected chi connectivity index (χ2v) is 10.1. The first-order valence-corrected chi connectivity index (χ1v) is 12.4. The van der Waals surface area contributed by atoms with Gasteiger partial charge in [-0.05, 0) is 58.4 Å². The van der Waals surface area contributed by atoms with Crippen molar-refractivity contribution in [2.75, 3.05) is 16.4 Å². The number of para-hydroxylation sites is 1. The fourth-order valence-corrected chi connectivity index (χ4v) is 5.41. The van der Waals surface area contributed by atoms with Gasteiger partial charge in [-0.3, -0.25) is 9.59 Å². The van der Waals surface area contributed by atoms with E-state index in [1.165, 1.54) is 29.5 Å². The molecule has 1 heterocycles. The molecule has 11 heteroatoms.